The highest BCUT2D eigenvalue weighted by Crippen LogP contribution is 1.89. The van der Waals surface area contributed by atoms with E-state index in [0.29, 0.717) is 6.42 Å². The lowest BCUT2D eigenvalue weighted by Crippen LogP contribution is -2.42. The Morgan fingerprint density at radius 3 is 2.33 bits per heavy atom. The molecule has 0 aromatic heterocycles. The molecule has 0 heterocycles. The molecular weight excluding hydrogens is 162 g/mol. The van der Waals surface area contributed by atoms with Gasteiger partial charge in [-0.2, -0.15) is 0 Å². The van der Waals surface area contributed by atoms with Crippen molar-refractivity contribution < 1.29 is 19.1 Å². The second-order valence-electron chi connectivity index (χ2n) is 2.06. The fourth-order valence-corrected chi connectivity index (χ4v) is 0.569. The average Bonchev–Trinajstić information content (AvgIpc) is 2.12. The van der Waals surface area contributed by atoms with Gasteiger partial charge in [0.2, 0.25) is 12.1 Å². The average molecular weight is 175 g/mol. The Morgan fingerprint density at radius 1 is 1.42 bits per heavy atom. The van der Waals surface area contributed by atoms with Gasteiger partial charge in [0.15, 0.2) is 0 Å². The van der Waals surface area contributed by atoms with Crippen LogP contribution in [0.4, 0.5) is 0 Å². The van der Waals surface area contributed by atoms with E-state index in [0.717, 1.165) is 0 Å². The molecule has 12 heavy (non-hydrogen) atoms. The van der Waals surface area contributed by atoms with Crippen LogP contribution in [0.3, 0.4) is 0 Å². The largest absolute Gasteiger partial charge is 0.466 e. The Labute approximate surface area is 71.0 Å². The Hall–Kier alpha value is -1.10. The summed E-state index contributed by atoms with van der Waals surface area (Å²) in [7, 11) is 2.55. The van der Waals surface area contributed by atoms with Crippen molar-refractivity contribution in [2.45, 2.75) is 19.6 Å². The van der Waals surface area contributed by atoms with Crippen LogP contribution in [0.15, 0.2) is 0 Å². The van der Waals surface area contributed by atoms with Crippen LogP contribution in [0, 0.1) is 0 Å². The Bertz CT molecular complexity index is 169. The third kappa shape index (κ3) is 3.34. The van der Waals surface area contributed by atoms with Gasteiger partial charge in [0.1, 0.15) is 0 Å². The summed E-state index contributed by atoms with van der Waals surface area (Å²) in [4.78, 5) is 21.6. The molecule has 0 aliphatic carbocycles. The quantitative estimate of drug-likeness (QED) is 0.469. The number of esters is 1. The van der Waals surface area contributed by atoms with Crippen molar-refractivity contribution in [2.75, 3.05) is 14.2 Å². The summed E-state index contributed by atoms with van der Waals surface area (Å²) < 4.78 is 9.04. The molecule has 0 aliphatic rings. The van der Waals surface area contributed by atoms with Gasteiger partial charge >= 0.3 is 5.97 Å². The minimum absolute atomic E-state index is 0.257. The highest BCUT2D eigenvalue weighted by atomic mass is 16.6. The van der Waals surface area contributed by atoms with Gasteiger partial charge in [-0.3, -0.25) is 4.79 Å². The first-order chi connectivity index (χ1) is 5.65. The second-order valence-corrected chi connectivity index (χ2v) is 2.06. The van der Waals surface area contributed by atoms with E-state index in [1.165, 1.54) is 14.2 Å². The molecular formula is C7H13NO4. The Morgan fingerprint density at radius 2 is 2.00 bits per heavy atom. The molecule has 0 aliphatic heterocycles. The molecule has 5 heteroatoms. The molecule has 70 valence electrons. The molecule has 0 rings (SSSR count). The van der Waals surface area contributed by atoms with Gasteiger partial charge in [0, 0.05) is 13.5 Å². The lowest BCUT2D eigenvalue weighted by molar-refractivity contribution is -0.156. The van der Waals surface area contributed by atoms with Crippen LogP contribution in [-0.4, -0.2) is 32.3 Å². The minimum atomic E-state index is -0.998. The van der Waals surface area contributed by atoms with Gasteiger partial charge in [-0.15, -0.1) is 0 Å². The number of rotatable bonds is 4. The number of carbonyl (C=O) groups excluding carboxylic acids is 2. The van der Waals surface area contributed by atoms with Crippen molar-refractivity contribution in [3.05, 3.63) is 0 Å². The van der Waals surface area contributed by atoms with Gasteiger partial charge < -0.3 is 14.8 Å². The third-order valence-electron chi connectivity index (χ3n) is 1.26. The number of methoxy groups -OCH3 is 2. The zero-order chi connectivity index (χ0) is 9.56. The molecule has 1 amide bonds. The summed E-state index contributed by atoms with van der Waals surface area (Å²) in [5.41, 5.74) is 0. The van der Waals surface area contributed by atoms with Crippen LogP contribution in [0.2, 0.25) is 0 Å². The zero-order valence-corrected chi connectivity index (χ0v) is 7.42. The molecule has 1 atom stereocenters. The van der Waals surface area contributed by atoms with E-state index in [1.807, 2.05) is 0 Å². The monoisotopic (exact) mass is 175 g/mol. The first kappa shape index (κ1) is 10.9. The SMILES string of the molecule is CCC(=O)NC(OC)C(=O)OC. The summed E-state index contributed by atoms with van der Waals surface area (Å²) in [5, 5.41) is 2.33. The van der Waals surface area contributed by atoms with Crippen molar-refractivity contribution in [3.63, 3.8) is 0 Å². The highest BCUT2D eigenvalue weighted by Gasteiger charge is 2.19. The maximum atomic E-state index is 10.8. The molecule has 1 unspecified atom stereocenters. The van der Waals surface area contributed by atoms with Crippen LogP contribution >= 0.6 is 0 Å². The normalized spacial score (nSPS) is 11.9. The van der Waals surface area contributed by atoms with E-state index in [9.17, 15) is 9.59 Å². The summed E-state index contributed by atoms with van der Waals surface area (Å²) in [6.07, 6.45) is -0.695. The third-order valence-corrected chi connectivity index (χ3v) is 1.26. The van der Waals surface area contributed by atoms with Crippen molar-refractivity contribution in [1.29, 1.82) is 0 Å². The molecule has 0 aromatic rings. The number of carbonyl (C=O) groups is 2. The first-order valence-corrected chi connectivity index (χ1v) is 3.55. The van der Waals surface area contributed by atoms with Crippen LogP contribution in [0.5, 0.6) is 0 Å². The molecule has 0 radical (unpaired) electrons. The topological polar surface area (TPSA) is 64.6 Å². The summed E-state index contributed by atoms with van der Waals surface area (Å²) in [5.74, 6) is -0.869. The van der Waals surface area contributed by atoms with Gasteiger partial charge in [-0.05, 0) is 0 Å². The van der Waals surface area contributed by atoms with Crippen LogP contribution in [0.1, 0.15) is 13.3 Å². The molecule has 1 N–H and O–H groups in total. The summed E-state index contributed by atoms with van der Waals surface area (Å²) in [6.45, 7) is 1.68. The molecule has 5 nitrogen and oxygen atoms in total. The van der Waals surface area contributed by atoms with Gasteiger partial charge in [-0.1, -0.05) is 6.92 Å². The predicted octanol–water partition coefficient (Wildman–Crippen LogP) is -0.342. The molecule has 0 aromatic carbocycles. The lowest BCUT2D eigenvalue weighted by Gasteiger charge is -2.13. The predicted molar refractivity (Wildman–Crippen MR) is 41.2 cm³/mol. The Kier molecular flexibility index (Phi) is 5.03. The summed E-state index contributed by atoms with van der Waals surface area (Å²) in [6, 6.07) is 0. The number of hydrogen-bond donors (Lipinski definition) is 1. The van der Waals surface area contributed by atoms with E-state index < -0.39 is 12.2 Å². The summed E-state index contributed by atoms with van der Waals surface area (Å²) >= 11 is 0. The van der Waals surface area contributed by atoms with Crippen molar-refractivity contribution in [3.8, 4) is 0 Å². The first-order valence-electron chi connectivity index (χ1n) is 3.55. The maximum Gasteiger partial charge on any atom is 0.356 e. The number of amides is 1. The maximum absolute atomic E-state index is 10.8. The van der Waals surface area contributed by atoms with Crippen molar-refractivity contribution in [2.24, 2.45) is 0 Å². The molecule has 0 spiro atoms. The van der Waals surface area contributed by atoms with Crippen molar-refractivity contribution in [1.82, 2.24) is 5.32 Å². The minimum Gasteiger partial charge on any atom is -0.466 e. The fourth-order valence-electron chi connectivity index (χ4n) is 0.569. The smallest absolute Gasteiger partial charge is 0.356 e. The van der Waals surface area contributed by atoms with E-state index in [4.69, 9.17) is 0 Å². The van der Waals surface area contributed by atoms with Gasteiger partial charge in [0.05, 0.1) is 7.11 Å². The Balaban J connectivity index is 3.99. The van der Waals surface area contributed by atoms with E-state index >= 15 is 0 Å². The highest BCUT2D eigenvalue weighted by molar-refractivity contribution is 5.83. The molecule has 0 bridgehead atoms. The van der Waals surface area contributed by atoms with E-state index in [2.05, 4.69) is 14.8 Å². The van der Waals surface area contributed by atoms with Crippen LogP contribution in [-0.2, 0) is 19.1 Å². The van der Waals surface area contributed by atoms with Crippen molar-refractivity contribution >= 4 is 11.9 Å². The van der Waals surface area contributed by atoms with E-state index in [1.54, 1.807) is 6.92 Å². The standard InChI is InChI=1S/C7H13NO4/c1-4-5(9)8-6(11-2)7(10)12-3/h6H,4H2,1-3H3,(H,8,9). The number of hydrogen-bond acceptors (Lipinski definition) is 4. The molecule has 0 saturated carbocycles. The van der Waals surface area contributed by atoms with Gasteiger partial charge in [-0.25, -0.2) is 4.79 Å². The lowest BCUT2D eigenvalue weighted by atomic mass is 10.4. The van der Waals surface area contributed by atoms with Crippen LogP contribution in [0.25, 0.3) is 0 Å². The second kappa shape index (κ2) is 5.54. The molecule has 0 fully saturated rings. The molecule has 0 saturated heterocycles. The van der Waals surface area contributed by atoms with E-state index in [-0.39, 0.29) is 5.91 Å². The van der Waals surface area contributed by atoms with Crippen LogP contribution < -0.4 is 5.32 Å². The zero-order valence-electron chi connectivity index (χ0n) is 7.42. The fraction of sp³-hybridized carbons (Fsp3) is 0.714. The number of ether oxygens (including phenoxy) is 2. The number of nitrogens with one attached hydrogen (secondary N) is 1. The van der Waals surface area contributed by atoms with Gasteiger partial charge in [0.25, 0.3) is 0 Å².